The standard InChI is InChI=1S/C18H23N3O4S/c1-19-13-15(11-17(19)18(22)23)26(24,25)20(2)12-14-7-3-4-8-16(14)21-9-5-6-10-21/h3-4,7-8,11,13H,5-6,9-10,12H2,1-2H3,(H,22,23). The molecule has 1 aliphatic rings. The van der Waals surface area contributed by atoms with Crippen molar-refractivity contribution in [3.8, 4) is 0 Å². The lowest BCUT2D eigenvalue weighted by Crippen LogP contribution is -2.28. The molecule has 0 aliphatic carbocycles. The molecule has 0 bridgehead atoms. The predicted molar refractivity (Wildman–Crippen MR) is 98.9 cm³/mol. The molecule has 2 aromatic rings. The van der Waals surface area contributed by atoms with Crippen molar-refractivity contribution in [3.63, 3.8) is 0 Å². The van der Waals surface area contributed by atoms with Gasteiger partial charge in [0.25, 0.3) is 0 Å². The Morgan fingerprint density at radius 2 is 1.88 bits per heavy atom. The van der Waals surface area contributed by atoms with Crippen LogP contribution in [0.25, 0.3) is 0 Å². The van der Waals surface area contributed by atoms with Gasteiger partial charge in [0, 0.05) is 45.6 Å². The second-order valence-corrected chi connectivity index (χ2v) is 8.61. The Bertz CT molecular complexity index is 914. The van der Waals surface area contributed by atoms with Gasteiger partial charge in [-0.05, 0) is 30.5 Å². The Morgan fingerprint density at radius 1 is 1.23 bits per heavy atom. The van der Waals surface area contributed by atoms with E-state index in [0.29, 0.717) is 0 Å². The number of nitrogens with zero attached hydrogens (tertiary/aromatic N) is 3. The third-order valence-electron chi connectivity index (χ3n) is 4.74. The molecule has 7 nitrogen and oxygen atoms in total. The van der Waals surface area contributed by atoms with Crippen LogP contribution >= 0.6 is 0 Å². The fraction of sp³-hybridized carbons (Fsp3) is 0.389. The number of benzene rings is 1. The van der Waals surface area contributed by atoms with Crippen molar-refractivity contribution in [2.24, 2.45) is 7.05 Å². The van der Waals surface area contributed by atoms with Crippen LogP contribution in [0.5, 0.6) is 0 Å². The first kappa shape index (κ1) is 18.5. The van der Waals surface area contributed by atoms with E-state index >= 15 is 0 Å². The summed E-state index contributed by atoms with van der Waals surface area (Å²) in [6.07, 6.45) is 3.62. The topological polar surface area (TPSA) is 82.8 Å². The lowest BCUT2D eigenvalue weighted by molar-refractivity contribution is 0.0686. The van der Waals surface area contributed by atoms with Gasteiger partial charge in [0.15, 0.2) is 0 Å². The van der Waals surface area contributed by atoms with E-state index in [1.165, 1.54) is 35.2 Å². The van der Waals surface area contributed by atoms with Crippen molar-refractivity contribution >= 4 is 21.7 Å². The highest BCUT2D eigenvalue weighted by Crippen LogP contribution is 2.27. The summed E-state index contributed by atoms with van der Waals surface area (Å²) in [6.45, 7) is 2.19. The number of para-hydroxylation sites is 1. The zero-order valence-electron chi connectivity index (χ0n) is 14.9. The van der Waals surface area contributed by atoms with Crippen LogP contribution in [0.4, 0.5) is 5.69 Å². The highest BCUT2D eigenvalue weighted by atomic mass is 32.2. The minimum Gasteiger partial charge on any atom is -0.477 e. The van der Waals surface area contributed by atoms with Gasteiger partial charge in [0.1, 0.15) is 10.6 Å². The summed E-state index contributed by atoms with van der Waals surface area (Å²) >= 11 is 0. The third-order valence-corrected chi connectivity index (χ3v) is 6.51. The van der Waals surface area contributed by atoms with Crippen molar-refractivity contribution in [1.29, 1.82) is 0 Å². The molecular formula is C18H23N3O4S. The molecule has 0 amide bonds. The average molecular weight is 377 g/mol. The number of rotatable bonds is 6. The van der Waals surface area contributed by atoms with Crippen LogP contribution in [-0.4, -0.2) is 48.5 Å². The monoisotopic (exact) mass is 377 g/mol. The lowest BCUT2D eigenvalue weighted by Gasteiger charge is -2.24. The van der Waals surface area contributed by atoms with E-state index in [9.17, 15) is 13.2 Å². The molecule has 1 fully saturated rings. The molecule has 2 heterocycles. The Labute approximate surface area is 153 Å². The third kappa shape index (κ3) is 3.47. The van der Waals surface area contributed by atoms with E-state index in [4.69, 9.17) is 5.11 Å². The molecule has 0 unspecified atom stereocenters. The summed E-state index contributed by atoms with van der Waals surface area (Å²) in [5.41, 5.74) is 1.94. The van der Waals surface area contributed by atoms with E-state index in [-0.39, 0.29) is 17.1 Å². The molecule has 8 heteroatoms. The summed E-state index contributed by atoms with van der Waals surface area (Å²) in [7, 11) is -0.746. The number of anilines is 1. The number of carbonyl (C=O) groups is 1. The van der Waals surface area contributed by atoms with Gasteiger partial charge in [-0.25, -0.2) is 13.2 Å². The fourth-order valence-corrected chi connectivity index (χ4v) is 4.52. The van der Waals surface area contributed by atoms with Crippen molar-refractivity contribution in [2.45, 2.75) is 24.3 Å². The van der Waals surface area contributed by atoms with Crippen LogP contribution in [0, 0.1) is 0 Å². The van der Waals surface area contributed by atoms with Crippen LogP contribution in [0.2, 0.25) is 0 Å². The number of aromatic nitrogens is 1. The van der Waals surface area contributed by atoms with Crippen molar-refractivity contribution in [2.75, 3.05) is 25.0 Å². The number of hydrogen-bond donors (Lipinski definition) is 1. The SMILES string of the molecule is CN(Cc1ccccc1N1CCCC1)S(=O)(=O)c1cc(C(=O)O)n(C)c1. The summed E-state index contributed by atoms with van der Waals surface area (Å²) in [4.78, 5) is 13.4. The van der Waals surface area contributed by atoms with E-state index in [0.717, 1.165) is 37.2 Å². The zero-order valence-corrected chi connectivity index (χ0v) is 15.7. The maximum Gasteiger partial charge on any atom is 0.352 e. The molecular weight excluding hydrogens is 354 g/mol. The van der Waals surface area contributed by atoms with E-state index in [1.807, 2.05) is 24.3 Å². The van der Waals surface area contributed by atoms with Crippen molar-refractivity contribution in [3.05, 3.63) is 47.8 Å². The normalized spacial score (nSPS) is 15.0. The largest absolute Gasteiger partial charge is 0.477 e. The van der Waals surface area contributed by atoms with Gasteiger partial charge in [0.05, 0.1) is 0 Å². The average Bonchev–Trinajstić information content (AvgIpc) is 3.25. The first-order valence-corrected chi connectivity index (χ1v) is 9.93. The molecule has 1 saturated heterocycles. The number of aryl methyl sites for hydroxylation is 1. The van der Waals surface area contributed by atoms with Crippen LogP contribution < -0.4 is 4.90 Å². The first-order valence-electron chi connectivity index (χ1n) is 8.49. The van der Waals surface area contributed by atoms with Gasteiger partial charge in [-0.1, -0.05) is 18.2 Å². The minimum absolute atomic E-state index is 0.0152. The Morgan fingerprint density at radius 3 is 2.50 bits per heavy atom. The predicted octanol–water partition coefficient (Wildman–Crippen LogP) is 2.14. The Balaban J connectivity index is 1.87. The molecule has 0 atom stereocenters. The molecule has 0 saturated carbocycles. The van der Waals surface area contributed by atoms with E-state index < -0.39 is 16.0 Å². The number of hydrogen-bond acceptors (Lipinski definition) is 4. The summed E-state index contributed by atoms with van der Waals surface area (Å²) < 4.78 is 28.3. The Hall–Kier alpha value is -2.32. The van der Waals surface area contributed by atoms with Crippen LogP contribution in [0.1, 0.15) is 28.9 Å². The summed E-state index contributed by atoms with van der Waals surface area (Å²) in [6, 6.07) is 9.02. The quantitative estimate of drug-likeness (QED) is 0.834. The highest BCUT2D eigenvalue weighted by Gasteiger charge is 2.26. The van der Waals surface area contributed by atoms with E-state index in [1.54, 1.807) is 0 Å². The number of carboxylic acid groups (broad SMARTS) is 1. The molecule has 0 spiro atoms. The second kappa shape index (κ2) is 7.13. The molecule has 1 aromatic carbocycles. The van der Waals surface area contributed by atoms with Crippen LogP contribution in [-0.2, 0) is 23.6 Å². The van der Waals surface area contributed by atoms with Crippen molar-refractivity contribution in [1.82, 2.24) is 8.87 Å². The van der Waals surface area contributed by atoms with Crippen molar-refractivity contribution < 1.29 is 18.3 Å². The minimum atomic E-state index is -3.78. The maximum atomic E-state index is 12.9. The molecule has 1 N–H and O–H groups in total. The van der Waals surface area contributed by atoms with Gasteiger partial charge in [-0.2, -0.15) is 4.31 Å². The fourth-order valence-electron chi connectivity index (χ4n) is 3.30. The number of carboxylic acids is 1. The summed E-state index contributed by atoms with van der Waals surface area (Å²) in [5, 5.41) is 9.14. The number of sulfonamides is 1. The molecule has 3 rings (SSSR count). The van der Waals surface area contributed by atoms with Gasteiger partial charge in [0.2, 0.25) is 10.0 Å². The van der Waals surface area contributed by atoms with E-state index in [2.05, 4.69) is 4.90 Å². The maximum absolute atomic E-state index is 12.9. The molecule has 140 valence electrons. The molecule has 1 aromatic heterocycles. The highest BCUT2D eigenvalue weighted by molar-refractivity contribution is 7.89. The Kier molecular flexibility index (Phi) is 5.06. The summed E-state index contributed by atoms with van der Waals surface area (Å²) in [5.74, 6) is -1.16. The lowest BCUT2D eigenvalue weighted by atomic mass is 10.1. The van der Waals surface area contributed by atoms with Gasteiger partial charge >= 0.3 is 5.97 Å². The van der Waals surface area contributed by atoms with Gasteiger partial charge in [-0.3, -0.25) is 0 Å². The first-order chi connectivity index (χ1) is 12.3. The molecule has 26 heavy (non-hydrogen) atoms. The van der Waals surface area contributed by atoms with Gasteiger partial charge in [-0.15, -0.1) is 0 Å². The smallest absolute Gasteiger partial charge is 0.352 e. The van der Waals surface area contributed by atoms with Crippen LogP contribution in [0.3, 0.4) is 0 Å². The van der Waals surface area contributed by atoms with Crippen LogP contribution in [0.15, 0.2) is 41.4 Å². The number of aromatic carboxylic acids is 1. The molecule has 0 radical (unpaired) electrons. The van der Waals surface area contributed by atoms with Gasteiger partial charge < -0.3 is 14.6 Å². The molecule has 1 aliphatic heterocycles. The zero-order chi connectivity index (χ0) is 18.9. The second-order valence-electron chi connectivity index (χ2n) is 6.56.